The average molecular weight is 267 g/mol. The molecule has 5 heteroatoms. The fourth-order valence-corrected chi connectivity index (χ4v) is 1.92. The lowest BCUT2D eigenvalue weighted by molar-refractivity contribution is -0.137. The van der Waals surface area contributed by atoms with E-state index in [0.717, 1.165) is 22.7 Å². The Balaban J connectivity index is 2.87. The first-order chi connectivity index (χ1) is 8.99. The topological polar surface area (TPSA) is 59.0 Å². The maximum absolute atomic E-state index is 10.5. The number of hydrogen-bond acceptors (Lipinski definition) is 4. The van der Waals surface area contributed by atoms with Crippen molar-refractivity contribution in [3.63, 3.8) is 0 Å². The minimum absolute atomic E-state index is 0.162. The Labute approximate surface area is 113 Å². The van der Waals surface area contributed by atoms with Crippen LogP contribution in [-0.4, -0.2) is 38.9 Å². The summed E-state index contributed by atoms with van der Waals surface area (Å²) in [5, 5.41) is 8.65. The molecule has 0 bridgehead atoms. The highest BCUT2D eigenvalue weighted by atomic mass is 16.5. The molecule has 0 fully saturated rings. The molecule has 0 saturated heterocycles. The van der Waals surface area contributed by atoms with Gasteiger partial charge in [0.15, 0.2) is 0 Å². The molecule has 0 spiro atoms. The van der Waals surface area contributed by atoms with E-state index in [0.29, 0.717) is 13.0 Å². The normalized spacial score (nSPS) is 10.1. The third kappa shape index (κ3) is 4.05. The standard InChI is InChI=1S/C14H21NO4/c1-10-8-13(19-4)11(9-12(10)18-3)15(2)7-5-6-14(16)17/h8-9H,5-7H2,1-4H3,(H,16,17). The lowest BCUT2D eigenvalue weighted by atomic mass is 10.1. The van der Waals surface area contributed by atoms with Crippen LogP contribution < -0.4 is 14.4 Å². The van der Waals surface area contributed by atoms with Crippen LogP contribution in [-0.2, 0) is 4.79 Å². The van der Waals surface area contributed by atoms with Crippen molar-refractivity contribution in [3.05, 3.63) is 17.7 Å². The van der Waals surface area contributed by atoms with E-state index in [2.05, 4.69) is 0 Å². The molecule has 1 aromatic rings. The van der Waals surface area contributed by atoms with Gasteiger partial charge in [0.2, 0.25) is 0 Å². The highest BCUT2D eigenvalue weighted by Crippen LogP contribution is 2.34. The Kier molecular flexibility index (Phi) is 5.48. The number of aryl methyl sites for hydroxylation is 1. The lowest BCUT2D eigenvalue weighted by Crippen LogP contribution is -2.20. The zero-order chi connectivity index (χ0) is 14.4. The summed E-state index contributed by atoms with van der Waals surface area (Å²) in [5.74, 6) is 0.777. The summed E-state index contributed by atoms with van der Waals surface area (Å²) in [7, 11) is 5.16. The summed E-state index contributed by atoms with van der Waals surface area (Å²) in [6, 6.07) is 3.83. The summed E-state index contributed by atoms with van der Waals surface area (Å²) >= 11 is 0. The van der Waals surface area contributed by atoms with E-state index in [1.165, 1.54) is 0 Å². The number of anilines is 1. The summed E-state index contributed by atoms with van der Waals surface area (Å²) in [5.41, 5.74) is 1.90. The van der Waals surface area contributed by atoms with E-state index < -0.39 is 5.97 Å². The number of hydrogen-bond donors (Lipinski definition) is 1. The number of ether oxygens (including phenoxy) is 2. The Morgan fingerprint density at radius 3 is 2.42 bits per heavy atom. The number of carboxylic acids is 1. The van der Waals surface area contributed by atoms with Gasteiger partial charge in [-0.05, 0) is 25.0 Å². The first kappa shape index (κ1) is 15.1. The maximum Gasteiger partial charge on any atom is 0.303 e. The molecule has 1 aromatic carbocycles. The molecule has 5 nitrogen and oxygen atoms in total. The van der Waals surface area contributed by atoms with Crippen LogP contribution in [0.3, 0.4) is 0 Å². The molecule has 0 atom stereocenters. The van der Waals surface area contributed by atoms with Crippen LogP contribution in [0.15, 0.2) is 12.1 Å². The predicted molar refractivity (Wildman–Crippen MR) is 74.4 cm³/mol. The van der Waals surface area contributed by atoms with E-state index >= 15 is 0 Å². The van der Waals surface area contributed by atoms with Crippen LogP contribution >= 0.6 is 0 Å². The highest BCUT2D eigenvalue weighted by Gasteiger charge is 2.12. The van der Waals surface area contributed by atoms with E-state index in [1.807, 2.05) is 31.0 Å². The molecule has 0 aliphatic carbocycles. The zero-order valence-electron chi connectivity index (χ0n) is 11.9. The molecule has 0 heterocycles. The van der Waals surface area contributed by atoms with Crippen LogP contribution in [0.4, 0.5) is 5.69 Å². The number of benzene rings is 1. The van der Waals surface area contributed by atoms with Crippen molar-refractivity contribution < 1.29 is 19.4 Å². The lowest BCUT2D eigenvalue weighted by Gasteiger charge is -2.23. The summed E-state index contributed by atoms with van der Waals surface area (Å²) in [4.78, 5) is 12.5. The Morgan fingerprint density at radius 2 is 1.89 bits per heavy atom. The summed E-state index contributed by atoms with van der Waals surface area (Å²) in [6.45, 7) is 2.60. The Hall–Kier alpha value is -1.91. The highest BCUT2D eigenvalue weighted by molar-refractivity contribution is 5.67. The van der Waals surface area contributed by atoms with Gasteiger partial charge in [-0.3, -0.25) is 4.79 Å². The molecular weight excluding hydrogens is 246 g/mol. The molecule has 0 aliphatic heterocycles. The molecule has 0 aliphatic rings. The molecule has 19 heavy (non-hydrogen) atoms. The third-order valence-electron chi connectivity index (χ3n) is 2.99. The van der Waals surface area contributed by atoms with Crippen molar-refractivity contribution in [1.29, 1.82) is 0 Å². The van der Waals surface area contributed by atoms with Crippen molar-refractivity contribution >= 4 is 11.7 Å². The molecule has 0 amide bonds. The van der Waals surface area contributed by atoms with Gasteiger partial charge in [0, 0.05) is 26.1 Å². The fourth-order valence-electron chi connectivity index (χ4n) is 1.92. The van der Waals surface area contributed by atoms with Crippen molar-refractivity contribution in [2.24, 2.45) is 0 Å². The van der Waals surface area contributed by atoms with Crippen LogP contribution in [0.1, 0.15) is 18.4 Å². The molecule has 0 aromatic heterocycles. The van der Waals surface area contributed by atoms with Crippen molar-refractivity contribution in [2.45, 2.75) is 19.8 Å². The number of carboxylic acid groups (broad SMARTS) is 1. The molecule has 0 unspecified atom stereocenters. The van der Waals surface area contributed by atoms with Gasteiger partial charge >= 0.3 is 5.97 Å². The maximum atomic E-state index is 10.5. The SMILES string of the molecule is COc1cc(N(C)CCCC(=O)O)c(OC)cc1C. The van der Waals surface area contributed by atoms with E-state index in [9.17, 15) is 4.79 Å². The second-order valence-corrected chi connectivity index (χ2v) is 4.41. The minimum atomic E-state index is -0.776. The predicted octanol–water partition coefficient (Wildman–Crippen LogP) is 2.31. The first-order valence-corrected chi connectivity index (χ1v) is 6.15. The van der Waals surface area contributed by atoms with Gasteiger partial charge in [-0.2, -0.15) is 0 Å². The number of aliphatic carboxylic acids is 1. The Morgan fingerprint density at radius 1 is 1.26 bits per heavy atom. The molecule has 0 radical (unpaired) electrons. The first-order valence-electron chi connectivity index (χ1n) is 6.15. The molecular formula is C14H21NO4. The molecule has 0 saturated carbocycles. The zero-order valence-corrected chi connectivity index (χ0v) is 11.9. The monoisotopic (exact) mass is 267 g/mol. The summed E-state index contributed by atoms with van der Waals surface area (Å²) in [6.07, 6.45) is 0.751. The van der Waals surface area contributed by atoms with Gasteiger partial charge in [-0.1, -0.05) is 0 Å². The van der Waals surface area contributed by atoms with Crippen LogP contribution in [0, 0.1) is 6.92 Å². The van der Waals surface area contributed by atoms with Crippen LogP contribution in [0.25, 0.3) is 0 Å². The van der Waals surface area contributed by atoms with E-state index in [4.69, 9.17) is 14.6 Å². The fraction of sp³-hybridized carbons (Fsp3) is 0.500. The third-order valence-corrected chi connectivity index (χ3v) is 2.99. The quantitative estimate of drug-likeness (QED) is 0.821. The van der Waals surface area contributed by atoms with Gasteiger partial charge in [0.1, 0.15) is 11.5 Å². The number of carbonyl (C=O) groups is 1. The van der Waals surface area contributed by atoms with Gasteiger partial charge in [0.05, 0.1) is 19.9 Å². The van der Waals surface area contributed by atoms with Crippen molar-refractivity contribution in [1.82, 2.24) is 0 Å². The van der Waals surface area contributed by atoms with Crippen LogP contribution in [0.5, 0.6) is 11.5 Å². The molecule has 1 N–H and O–H groups in total. The molecule has 1 rings (SSSR count). The van der Waals surface area contributed by atoms with Gasteiger partial charge < -0.3 is 19.5 Å². The number of nitrogens with zero attached hydrogens (tertiary/aromatic N) is 1. The second kappa shape index (κ2) is 6.87. The van der Waals surface area contributed by atoms with Gasteiger partial charge in [0.25, 0.3) is 0 Å². The smallest absolute Gasteiger partial charge is 0.303 e. The van der Waals surface area contributed by atoms with Crippen molar-refractivity contribution in [3.8, 4) is 11.5 Å². The summed E-state index contributed by atoms with van der Waals surface area (Å²) < 4.78 is 10.7. The van der Waals surface area contributed by atoms with Crippen LogP contribution in [0.2, 0.25) is 0 Å². The van der Waals surface area contributed by atoms with E-state index in [1.54, 1.807) is 14.2 Å². The number of methoxy groups -OCH3 is 2. The van der Waals surface area contributed by atoms with Gasteiger partial charge in [-0.25, -0.2) is 0 Å². The largest absolute Gasteiger partial charge is 0.496 e. The van der Waals surface area contributed by atoms with Crippen molar-refractivity contribution in [2.75, 3.05) is 32.7 Å². The number of rotatable bonds is 7. The van der Waals surface area contributed by atoms with Gasteiger partial charge in [-0.15, -0.1) is 0 Å². The Bertz CT molecular complexity index is 445. The molecule has 106 valence electrons. The minimum Gasteiger partial charge on any atom is -0.496 e. The average Bonchev–Trinajstić information content (AvgIpc) is 2.37. The van der Waals surface area contributed by atoms with E-state index in [-0.39, 0.29) is 6.42 Å². The second-order valence-electron chi connectivity index (χ2n) is 4.41.